The number of rotatable bonds is 7. The van der Waals surface area contributed by atoms with Crippen LogP contribution in [0.4, 0.5) is 0 Å². The lowest BCUT2D eigenvalue weighted by Gasteiger charge is -2.33. The molecule has 1 aliphatic heterocycles. The van der Waals surface area contributed by atoms with E-state index in [1.807, 2.05) is 47.4 Å². The summed E-state index contributed by atoms with van der Waals surface area (Å²) in [6.45, 7) is 1.06. The summed E-state index contributed by atoms with van der Waals surface area (Å²) >= 11 is 0. The number of amides is 1. The van der Waals surface area contributed by atoms with Gasteiger partial charge in [0.1, 0.15) is 12.1 Å². The Hall–Kier alpha value is -2.45. The number of carbonyl (C=O) groups excluding carboxylic acids is 1. The molecule has 31 heavy (non-hydrogen) atoms. The molecule has 4 rings (SSSR count). The molecule has 7 nitrogen and oxygen atoms in total. The van der Waals surface area contributed by atoms with Gasteiger partial charge in [-0.15, -0.1) is 0 Å². The van der Waals surface area contributed by atoms with Gasteiger partial charge in [-0.2, -0.15) is 0 Å². The standard InChI is InChI=1S/C23H29N3O4S/c27-23(25-17-18-10-11-24-21(16-18)30-20-8-4-5-9-20)22(19-6-2-1-3-7-19)26-12-14-31(28,29)15-13-26/h1-3,6-7,10-11,16,20,22H,4-5,8-9,12-15,17H2,(H,25,27). The Morgan fingerprint density at radius 1 is 1.13 bits per heavy atom. The minimum atomic E-state index is -3.02. The fourth-order valence-corrected chi connectivity index (χ4v) is 5.47. The minimum Gasteiger partial charge on any atom is -0.474 e. The number of ether oxygens (including phenoxy) is 1. The molecule has 1 N–H and O–H groups in total. The van der Waals surface area contributed by atoms with Crippen molar-refractivity contribution in [1.29, 1.82) is 0 Å². The summed E-state index contributed by atoms with van der Waals surface area (Å²) in [5.74, 6) is 0.617. The van der Waals surface area contributed by atoms with Crippen molar-refractivity contribution < 1.29 is 17.9 Å². The first kappa shape index (κ1) is 21.8. The Labute approximate surface area is 183 Å². The van der Waals surface area contributed by atoms with E-state index >= 15 is 0 Å². The summed E-state index contributed by atoms with van der Waals surface area (Å²) in [5.41, 5.74) is 1.78. The zero-order valence-electron chi connectivity index (χ0n) is 17.6. The summed E-state index contributed by atoms with van der Waals surface area (Å²) in [4.78, 5) is 19.4. The Kier molecular flexibility index (Phi) is 6.87. The van der Waals surface area contributed by atoms with E-state index < -0.39 is 15.9 Å². The normalized spacial score (nSPS) is 20.3. The number of benzene rings is 1. The molecule has 1 atom stereocenters. The van der Waals surface area contributed by atoms with Crippen LogP contribution in [-0.4, -0.2) is 54.9 Å². The molecule has 0 bridgehead atoms. The van der Waals surface area contributed by atoms with Crippen LogP contribution in [0, 0.1) is 0 Å². The number of carbonyl (C=O) groups is 1. The number of aromatic nitrogens is 1. The van der Waals surface area contributed by atoms with Gasteiger partial charge < -0.3 is 10.1 Å². The van der Waals surface area contributed by atoms with Gasteiger partial charge in [0.05, 0.1) is 11.5 Å². The van der Waals surface area contributed by atoms with Crippen LogP contribution in [-0.2, 0) is 21.2 Å². The topological polar surface area (TPSA) is 88.6 Å². The molecule has 1 aliphatic carbocycles. The van der Waals surface area contributed by atoms with Crippen LogP contribution in [0.25, 0.3) is 0 Å². The molecule has 1 saturated carbocycles. The molecule has 166 valence electrons. The van der Waals surface area contributed by atoms with Crippen LogP contribution >= 0.6 is 0 Å². The van der Waals surface area contributed by atoms with E-state index in [0.717, 1.165) is 24.0 Å². The molecule has 1 unspecified atom stereocenters. The molecule has 2 aliphatic rings. The summed E-state index contributed by atoms with van der Waals surface area (Å²) in [5, 5.41) is 3.02. The fourth-order valence-electron chi connectivity index (χ4n) is 4.24. The lowest BCUT2D eigenvalue weighted by molar-refractivity contribution is -0.126. The third kappa shape index (κ3) is 5.83. The SMILES string of the molecule is O=C(NCc1ccnc(OC2CCCC2)c1)C(c1ccccc1)N1CCS(=O)(=O)CC1. The summed E-state index contributed by atoms with van der Waals surface area (Å²) in [6, 6.07) is 12.7. The highest BCUT2D eigenvalue weighted by molar-refractivity contribution is 7.91. The average Bonchev–Trinajstić information content (AvgIpc) is 3.28. The second kappa shape index (κ2) is 9.78. The van der Waals surface area contributed by atoms with E-state index in [1.54, 1.807) is 6.20 Å². The van der Waals surface area contributed by atoms with Gasteiger partial charge in [0, 0.05) is 31.9 Å². The van der Waals surface area contributed by atoms with Crippen LogP contribution in [0.15, 0.2) is 48.7 Å². The zero-order valence-corrected chi connectivity index (χ0v) is 18.4. The maximum absolute atomic E-state index is 13.2. The van der Waals surface area contributed by atoms with Gasteiger partial charge in [0.2, 0.25) is 11.8 Å². The van der Waals surface area contributed by atoms with Crippen molar-refractivity contribution in [3.63, 3.8) is 0 Å². The summed E-state index contributed by atoms with van der Waals surface area (Å²) < 4.78 is 29.7. The van der Waals surface area contributed by atoms with E-state index in [2.05, 4.69) is 10.3 Å². The van der Waals surface area contributed by atoms with Crippen LogP contribution in [0.3, 0.4) is 0 Å². The molecule has 1 amide bonds. The maximum Gasteiger partial charge on any atom is 0.242 e. The summed E-state index contributed by atoms with van der Waals surface area (Å²) in [7, 11) is -3.02. The van der Waals surface area contributed by atoms with Crippen molar-refractivity contribution in [3.8, 4) is 5.88 Å². The lowest BCUT2D eigenvalue weighted by Crippen LogP contribution is -2.47. The zero-order chi connectivity index (χ0) is 21.7. The molecule has 2 heterocycles. The van der Waals surface area contributed by atoms with Gasteiger partial charge >= 0.3 is 0 Å². The smallest absolute Gasteiger partial charge is 0.242 e. The Bertz CT molecular complexity index is 977. The first-order chi connectivity index (χ1) is 15.0. The van der Waals surface area contributed by atoms with Crippen molar-refractivity contribution in [2.24, 2.45) is 0 Å². The molecular weight excluding hydrogens is 414 g/mol. The maximum atomic E-state index is 13.2. The van der Waals surface area contributed by atoms with E-state index in [9.17, 15) is 13.2 Å². The molecule has 1 saturated heterocycles. The van der Waals surface area contributed by atoms with Crippen LogP contribution < -0.4 is 10.1 Å². The van der Waals surface area contributed by atoms with E-state index in [0.29, 0.717) is 25.5 Å². The molecule has 0 radical (unpaired) electrons. The second-order valence-corrected chi connectivity index (χ2v) is 10.5. The predicted molar refractivity (Wildman–Crippen MR) is 118 cm³/mol. The molecule has 2 fully saturated rings. The Morgan fingerprint density at radius 2 is 1.84 bits per heavy atom. The number of nitrogens with one attached hydrogen (secondary N) is 1. The molecule has 2 aromatic rings. The Balaban J connectivity index is 1.43. The van der Waals surface area contributed by atoms with Crippen molar-refractivity contribution >= 4 is 15.7 Å². The van der Waals surface area contributed by atoms with Gasteiger partial charge in [0.15, 0.2) is 9.84 Å². The predicted octanol–water partition coefficient (Wildman–Crippen LogP) is 2.49. The molecular formula is C23H29N3O4S. The molecule has 1 aromatic carbocycles. The quantitative estimate of drug-likeness (QED) is 0.707. The fraction of sp³-hybridized carbons (Fsp3) is 0.478. The first-order valence-electron chi connectivity index (χ1n) is 10.9. The highest BCUT2D eigenvalue weighted by atomic mass is 32.2. The molecule has 8 heteroatoms. The third-order valence-corrected chi connectivity index (χ3v) is 7.57. The van der Waals surface area contributed by atoms with Crippen molar-refractivity contribution in [2.75, 3.05) is 24.6 Å². The van der Waals surface area contributed by atoms with Gasteiger partial charge in [-0.05, 0) is 42.9 Å². The highest BCUT2D eigenvalue weighted by Crippen LogP contribution is 2.25. The van der Waals surface area contributed by atoms with Crippen LogP contribution in [0.5, 0.6) is 5.88 Å². The number of pyridine rings is 1. The van der Waals surface area contributed by atoms with E-state index in [4.69, 9.17) is 4.74 Å². The number of nitrogens with zero attached hydrogens (tertiary/aromatic N) is 2. The summed E-state index contributed by atoms with van der Waals surface area (Å²) in [6.07, 6.45) is 6.45. The van der Waals surface area contributed by atoms with Gasteiger partial charge in [-0.25, -0.2) is 13.4 Å². The molecule has 1 aromatic heterocycles. The van der Waals surface area contributed by atoms with Crippen molar-refractivity contribution in [1.82, 2.24) is 15.2 Å². The van der Waals surface area contributed by atoms with Crippen LogP contribution in [0.2, 0.25) is 0 Å². The van der Waals surface area contributed by atoms with Gasteiger partial charge in [-0.1, -0.05) is 30.3 Å². The van der Waals surface area contributed by atoms with Crippen LogP contribution in [0.1, 0.15) is 42.9 Å². The monoisotopic (exact) mass is 443 g/mol. The van der Waals surface area contributed by atoms with Crippen molar-refractivity contribution in [2.45, 2.75) is 44.4 Å². The average molecular weight is 444 g/mol. The molecule has 0 spiro atoms. The second-order valence-electron chi connectivity index (χ2n) is 8.25. The third-order valence-electron chi connectivity index (χ3n) is 5.96. The van der Waals surface area contributed by atoms with Gasteiger partial charge in [-0.3, -0.25) is 9.69 Å². The number of hydrogen-bond acceptors (Lipinski definition) is 6. The van der Waals surface area contributed by atoms with Gasteiger partial charge in [0.25, 0.3) is 0 Å². The minimum absolute atomic E-state index is 0.0792. The Morgan fingerprint density at radius 3 is 2.55 bits per heavy atom. The number of hydrogen-bond donors (Lipinski definition) is 1. The van der Waals surface area contributed by atoms with E-state index in [1.165, 1.54) is 12.8 Å². The number of sulfone groups is 1. The highest BCUT2D eigenvalue weighted by Gasteiger charge is 2.32. The van der Waals surface area contributed by atoms with E-state index in [-0.39, 0.29) is 23.5 Å². The largest absolute Gasteiger partial charge is 0.474 e. The first-order valence-corrected chi connectivity index (χ1v) is 12.7. The lowest BCUT2D eigenvalue weighted by atomic mass is 10.0. The van der Waals surface area contributed by atoms with Crippen molar-refractivity contribution in [3.05, 3.63) is 59.8 Å².